The minimum Gasteiger partial charge on any atom is -0.465 e. The lowest BCUT2D eigenvalue weighted by Gasteiger charge is -2.05. The van der Waals surface area contributed by atoms with E-state index in [4.69, 9.17) is 10.2 Å². The van der Waals surface area contributed by atoms with Gasteiger partial charge >= 0.3 is 5.97 Å². The lowest BCUT2D eigenvalue weighted by atomic mass is 10.2. The molecule has 1 aromatic rings. The highest BCUT2D eigenvalue weighted by Gasteiger charge is 2.15. The van der Waals surface area contributed by atoms with Crippen molar-refractivity contribution < 1.29 is 18.7 Å². The first-order chi connectivity index (χ1) is 8.93. The molecule has 3 N–H and O–H groups in total. The number of aryl methyl sites for hydroxylation is 1. The summed E-state index contributed by atoms with van der Waals surface area (Å²) in [5, 5.41) is 2.71. The number of hydrogen-bond acceptors (Lipinski definition) is 5. The number of amides is 1. The molecule has 1 rings (SSSR count). The fraction of sp³-hybridized carbons (Fsp3) is 0.538. The molecule has 0 aromatic carbocycles. The van der Waals surface area contributed by atoms with Crippen LogP contribution in [0.4, 0.5) is 0 Å². The molecule has 0 radical (unpaired) electrons. The summed E-state index contributed by atoms with van der Waals surface area (Å²) in [5.41, 5.74) is 5.95. The fourth-order valence-electron chi connectivity index (χ4n) is 1.58. The van der Waals surface area contributed by atoms with Crippen molar-refractivity contribution in [1.29, 1.82) is 0 Å². The van der Waals surface area contributed by atoms with E-state index in [0.717, 1.165) is 0 Å². The first kappa shape index (κ1) is 18.5. The summed E-state index contributed by atoms with van der Waals surface area (Å²) in [5.74, 6) is 0.459. The molecule has 1 amide bonds. The highest BCUT2D eigenvalue weighted by atomic mass is 35.5. The molecule has 0 bridgehead atoms. The summed E-state index contributed by atoms with van der Waals surface area (Å²) < 4.78 is 9.99. The largest absolute Gasteiger partial charge is 0.465 e. The van der Waals surface area contributed by atoms with Crippen molar-refractivity contribution in [2.75, 3.05) is 7.11 Å². The van der Waals surface area contributed by atoms with Crippen LogP contribution < -0.4 is 11.1 Å². The van der Waals surface area contributed by atoms with Crippen molar-refractivity contribution in [2.24, 2.45) is 5.73 Å². The summed E-state index contributed by atoms with van der Waals surface area (Å²) in [7, 11) is 1.31. The van der Waals surface area contributed by atoms with Gasteiger partial charge in [-0.15, -0.1) is 12.4 Å². The third kappa shape index (κ3) is 5.63. The van der Waals surface area contributed by atoms with E-state index in [1.165, 1.54) is 7.11 Å². The van der Waals surface area contributed by atoms with Crippen LogP contribution in [0.1, 0.15) is 41.6 Å². The molecule has 1 aromatic heterocycles. The van der Waals surface area contributed by atoms with Crippen molar-refractivity contribution in [1.82, 2.24) is 5.32 Å². The Morgan fingerprint density at radius 3 is 2.70 bits per heavy atom. The molecule has 7 heteroatoms. The van der Waals surface area contributed by atoms with Crippen molar-refractivity contribution >= 4 is 24.3 Å². The van der Waals surface area contributed by atoms with Crippen molar-refractivity contribution in [3.63, 3.8) is 0 Å². The van der Waals surface area contributed by atoms with Gasteiger partial charge in [-0.2, -0.15) is 0 Å². The number of carbonyl (C=O) groups is 2. The van der Waals surface area contributed by atoms with E-state index in [9.17, 15) is 9.59 Å². The molecule has 0 saturated heterocycles. The topological polar surface area (TPSA) is 94.6 Å². The second-order valence-electron chi connectivity index (χ2n) is 4.47. The maximum atomic E-state index is 11.5. The smallest absolute Gasteiger partial charge is 0.341 e. The summed E-state index contributed by atoms with van der Waals surface area (Å²) >= 11 is 0. The highest BCUT2D eigenvalue weighted by Crippen LogP contribution is 2.15. The molecule has 1 atom stereocenters. The van der Waals surface area contributed by atoms with Crippen LogP contribution in [0.2, 0.25) is 0 Å². The zero-order chi connectivity index (χ0) is 14.4. The maximum absolute atomic E-state index is 11.5. The second-order valence-corrected chi connectivity index (χ2v) is 4.47. The summed E-state index contributed by atoms with van der Waals surface area (Å²) in [6.45, 7) is 3.77. The molecule has 0 saturated carbocycles. The second kappa shape index (κ2) is 8.60. The lowest BCUT2D eigenvalue weighted by Crippen LogP contribution is -2.25. The van der Waals surface area contributed by atoms with E-state index in [1.54, 1.807) is 13.0 Å². The predicted molar refractivity (Wildman–Crippen MR) is 76.8 cm³/mol. The number of furan rings is 1. The first-order valence-corrected chi connectivity index (χ1v) is 6.14. The summed E-state index contributed by atoms with van der Waals surface area (Å²) in [4.78, 5) is 22.9. The zero-order valence-corrected chi connectivity index (χ0v) is 12.7. The average molecular weight is 305 g/mol. The number of ether oxygens (including phenoxy) is 1. The Hall–Kier alpha value is -1.53. The van der Waals surface area contributed by atoms with E-state index in [2.05, 4.69) is 10.1 Å². The average Bonchev–Trinajstić information content (AvgIpc) is 2.74. The molecule has 114 valence electrons. The van der Waals surface area contributed by atoms with Crippen molar-refractivity contribution in [2.45, 2.75) is 39.3 Å². The number of nitrogens with one attached hydrogen (secondary N) is 1. The lowest BCUT2D eigenvalue weighted by molar-refractivity contribution is -0.121. The molecule has 6 nitrogen and oxygen atoms in total. The number of nitrogens with two attached hydrogens (primary N) is 1. The Morgan fingerprint density at radius 2 is 2.15 bits per heavy atom. The number of halogens is 1. The molecule has 0 aliphatic carbocycles. The summed E-state index contributed by atoms with van der Waals surface area (Å²) in [6.07, 6.45) is 1.01. The van der Waals surface area contributed by atoms with Gasteiger partial charge in [0, 0.05) is 12.5 Å². The Labute approximate surface area is 124 Å². The van der Waals surface area contributed by atoms with Crippen LogP contribution in [0.3, 0.4) is 0 Å². The van der Waals surface area contributed by atoms with E-state index in [1.807, 2.05) is 6.92 Å². The van der Waals surface area contributed by atoms with Gasteiger partial charge in [0.05, 0.1) is 13.7 Å². The van der Waals surface area contributed by atoms with Gasteiger partial charge in [0.15, 0.2) is 0 Å². The third-order valence-corrected chi connectivity index (χ3v) is 2.66. The number of carbonyl (C=O) groups excluding carboxylic acids is 2. The highest BCUT2D eigenvalue weighted by molar-refractivity contribution is 5.90. The molecule has 20 heavy (non-hydrogen) atoms. The molecule has 1 heterocycles. The van der Waals surface area contributed by atoms with Gasteiger partial charge in [0.1, 0.15) is 17.1 Å². The van der Waals surface area contributed by atoms with Crippen molar-refractivity contribution in [3.05, 3.63) is 23.2 Å². The van der Waals surface area contributed by atoms with Gasteiger partial charge in [0.25, 0.3) is 0 Å². The predicted octanol–water partition coefficient (Wildman–Crippen LogP) is 1.54. The zero-order valence-electron chi connectivity index (χ0n) is 11.9. The molecule has 0 spiro atoms. The van der Waals surface area contributed by atoms with Gasteiger partial charge in [0.2, 0.25) is 5.91 Å². The minimum atomic E-state index is -0.448. The van der Waals surface area contributed by atoms with Crippen LogP contribution in [0, 0.1) is 6.92 Å². The fourth-order valence-corrected chi connectivity index (χ4v) is 1.58. The number of hydrogen-bond donors (Lipinski definition) is 2. The van der Waals surface area contributed by atoms with Crippen molar-refractivity contribution in [3.8, 4) is 0 Å². The normalized spacial score (nSPS) is 11.4. The van der Waals surface area contributed by atoms with Gasteiger partial charge < -0.3 is 20.2 Å². The number of methoxy groups -OCH3 is 1. The van der Waals surface area contributed by atoms with Gasteiger partial charge in [-0.1, -0.05) is 0 Å². The Kier molecular flexibility index (Phi) is 7.94. The van der Waals surface area contributed by atoms with Gasteiger partial charge in [-0.05, 0) is 26.3 Å². The van der Waals surface area contributed by atoms with Crippen LogP contribution in [-0.2, 0) is 16.1 Å². The molecule has 0 aliphatic rings. The molecular weight excluding hydrogens is 284 g/mol. The van der Waals surface area contributed by atoms with Crippen LogP contribution in [0.5, 0.6) is 0 Å². The SMILES string of the molecule is COC(=O)c1cc(CNC(=O)CCC(C)N)oc1C.Cl. The molecule has 1 unspecified atom stereocenters. The minimum absolute atomic E-state index is 0. The Bertz CT molecular complexity index is 457. The first-order valence-electron chi connectivity index (χ1n) is 6.14. The van der Waals surface area contributed by atoms with E-state index in [0.29, 0.717) is 29.9 Å². The number of rotatable bonds is 6. The van der Waals surface area contributed by atoms with E-state index in [-0.39, 0.29) is 30.9 Å². The van der Waals surface area contributed by atoms with Crippen LogP contribution >= 0.6 is 12.4 Å². The van der Waals surface area contributed by atoms with Gasteiger partial charge in [-0.25, -0.2) is 4.79 Å². The van der Waals surface area contributed by atoms with Crippen LogP contribution in [0.15, 0.2) is 10.5 Å². The summed E-state index contributed by atoms with van der Waals surface area (Å²) in [6, 6.07) is 1.58. The van der Waals surface area contributed by atoms with E-state index >= 15 is 0 Å². The van der Waals surface area contributed by atoms with E-state index < -0.39 is 5.97 Å². The molecule has 0 fully saturated rings. The monoisotopic (exact) mass is 304 g/mol. The number of esters is 1. The quantitative estimate of drug-likeness (QED) is 0.777. The Morgan fingerprint density at radius 1 is 1.50 bits per heavy atom. The maximum Gasteiger partial charge on any atom is 0.341 e. The standard InChI is InChI=1S/C13H20N2O4.ClH/c1-8(14)4-5-12(16)15-7-10-6-11(9(2)19-10)13(17)18-3;/h6,8H,4-5,7,14H2,1-3H3,(H,15,16);1H. The third-order valence-electron chi connectivity index (χ3n) is 2.66. The Balaban J connectivity index is 0.00000361. The molecule has 0 aliphatic heterocycles. The van der Waals surface area contributed by atoms with Crippen LogP contribution in [0.25, 0.3) is 0 Å². The van der Waals surface area contributed by atoms with Gasteiger partial charge in [-0.3, -0.25) is 4.79 Å². The molecular formula is C13H21ClN2O4. The van der Waals surface area contributed by atoms with Crippen LogP contribution in [-0.4, -0.2) is 25.0 Å².